The fraction of sp³-hybridized carbons (Fsp3) is 0.385. The van der Waals surface area contributed by atoms with Gasteiger partial charge in [0.2, 0.25) is 0 Å². The number of benzene rings is 1. The molecular weight excluding hydrogens is 249 g/mol. The Kier molecular flexibility index (Phi) is 4.86. The number of carbonyl (C=O) groups excluding carboxylic acids is 1. The van der Waals surface area contributed by atoms with Crippen molar-refractivity contribution in [2.45, 2.75) is 26.8 Å². The molecule has 0 unspecified atom stereocenters. The van der Waals surface area contributed by atoms with Gasteiger partial charge in [0.1, 0.15) is 5.82 Å². The maximum atomic E-state index is 13.9. The summed E-state index contributed by atoms with van der Waals surface area (Å²) in [7, 11) is 0. The van der Waals surface area contributed by atoms with Crippen LogP contribution in [0.3, 0.4) is 0 Å². The van der Waals surface area contributed by atoms with E-state index >= 15 is 0 Å². The summed E-state index contributed by atoms with van der Waals surface area (Å²) in [6, 6.07) is 4.43. The van der Waals surface area contributed by atoms with Gasteiger partial charge in [0.25, 0.3) is 5.91 Å². The van der Waals surface area contributed by atoms with Crippen LogP contribution in [0.5, 0.6) is 0 Å². The van der Waals surface area contributed by atoms with Gasteiger partial charge >= 0.3 is 0 Å². The van der Waals surface area contributed by atoms with Crippen molar-refractivity contribution in [3.8, 4) is 0 Å². The van der Waals surface area contributed by atoms with Crippen molar-refractivity contribution in [2.75, 3.05) is 6.54 Å². The van der Waals surface area contributed by atoms with Crippen LogP contribution in [0.25, 0.3) is 0 Å². The first-order valence-electron chi connectivity index (χ1n) is 5.91. The van der Waals surface area contributed by atoms with Crippen LogP contribution in [0.4, 0.5) is 4.39 Å². The normalized spacial score (nSPS) is 11.7. The summed E-state index contributed by atoms with van der Waals surface area (Å²) in [5.74, 6) is -1.13. The van der Waals surface area contributed by atoms with E-state index in [2.05, 4.69) is 5.16 Å². The Balaban J connectivity index is 3.10. The van der Waals surface area contributed by atoms with Crippen molar-refractivity contribution in [3.63, 3.8) is 0 Å². The van der Waals surface area contributed by atoms with E-state index in [4.69, 9.17) is 10.9 Å². The van der Waals surface area contributed by atoms with E-state index < -0.39 is 11.7 Å². The number of oxime groups is 1. The number of carbonyl (C=O) groups is 1. The van der Waals surface area contributed by atoms with Gasteiger partial charge in [-0.25, -0.2) is 4.39 Å². The van der Waals surface area contributed by atoms with Gasteiger partial charge in [-0.2, -0.15) is 0 Å². The fourth-order valence-electron chi connectivity index (χ4n) is 1.66. The standard InChI is InChI=1S/C13H18FN3O2/c1-8(2)17(7-11(15)16-19)13(18)10-6-4-5-9(3)12(10)14/h4-6,8,19H,7H2,1-3H3,(H2,15,16). The van der Waals surface area contributed by atoms with Crippen LogP contribution in [0.1, 0.15) is 29.8 Å². The SMILES string of the molecule is Cc1cccc(C(=O)N(C/C(N)=N/O)C(C)C)c1F. The molecule has 0 saturated heterocycles. The molecule has 19 heavy (non-hydrogen) atoms. The Labute approximate surface area is 111 Å². The number of nitrogens with two attached hydrogens (primary N) is 1. The van der Waals surface area contributed by atoms with Crippen molar-refractivity contribution in [3.05, 3.63) is 35.1 Å². The van der Waals surface area contributed by atoms with Gasteiger partial charge in [0.15, 0.2) is 5.84 Å². The van der Waals surface area contributed by atoms with Gasteiger partial charge in [-0.15, -0.1) is 0 Å². The molecule has 3 N–H and O–H groups in total. The predicted molar refractivity (Wildman–Crippen MR) is 70.7 cm³/mol. The van der Waals surface area contributed by atoms with E-state index in [1.54, 1.807) is 32.9 Å². The predicted octanol–water partition coefficient (Wildman–Crippen LogP) is 1.73. The van der Waals surface area contributed by atoms with Crippen molar-refractivity contribution in [1.29, 1.82) is 0 Å². The zero-order valence-electron chi connectivity index (χ0n) is 11.2. The molecule has 0 spiro atoms. The molecule has 1 rings (SSSR count). The Morgan fingerprint density at radius 1 is 1.53 bits per heavy atom. The van der Waals surface area contributed by atoms with Crippen LogP contribution in [0, 0.1) is 12.7 Å². The highest BCUT2D eigenvalue weighted by Crippen LogP contribution is 2.15. The number of aryl methyl sites for hydroxylation is 1. The van der Waals surface area contributed by atoms with E-state index in [1.165, 1.54) is 11.0 Å². The Morgan fingerprint density at radius 3 is 2.68 bits per heavy atom. The van der Waals surface area contributed by atoms with Gasteiger partial charge < -0.3 is 15.8 Å². The number of rotatable bonds is 4. The number of nitrogens with zero attached hydrogens (tertiary/aromatic N) is 2. The number of hydrogen-bond acceptors (Lipinski definition) is 3. The lowest BCUT2D eigenvalue weighted by Crippen LogP contribution is -2.43. The number of amides is 1. The number of amidine groups is 1. The van der Waals surface area contributed by atoms with Crippen LogP contribution >= 0.6 is 0 Å². The molecule has 1 amide bonds. The lowest BCUT2D eigenvalue weighted by atomic mass is 10.1. The second kappa shape index (κ2) is 6.17. The van der Waals surface area contributed by atoms with Gasteiger partial charge in [-0.3, -0.25) is 4.79 Å². The lowest BCUT2D eigenvalue weighted by Gasteiger charge is -2.26. The highest BCUT2D eigenvalue weighted by molar-refractivity contribution is 5.97. The maximum absolute atomic E-state index is 13.9. The zero-order valence-corrected chi connectivity index (χ0v) is 11.2. The van der Waals surface area contributed by atoms with Gasteiger partial charge in [0, 0.05) is 6.04 Å². The third-order valence-corrected chi connectivity index (χ3v) is 2.77. The first kappa shape index (κ1) is 14.9. The molecule has 0 radical (unpaired) electrons. The van der Waals surface area contributed by atoms with E-state index in [-0.39, 0.29) is 24.0 Å². The summed E-state index contributed by atoms with van der Waals surface area (Å²) in [4.78, 5) is 13.6. The molecule has 6 heteroatoms. The van der Waals surface area contributed by atoms with Crippen LogP contribution in [0.2, 0.25) is 0 Å². The van der Waals surface area contributed by atoms with E-state index in [0.717, 1.165) is 0 Å². The fourth-order valence-corrected chi connectivity index (χ4v) is 1.66. The van der Waals surface area contributed by atoms with Crippen LogP contribution in [-0.4, -0.2) is 34.4 Å². The third kappa shape index (κ3) is 3.43. The molecule has 5 nitrogen and oxygen atoms in total. The summed E-state index contributed by atoms with van der Waals surface area (Å²) >= 11 is 0. The minimum atomic E-state index is -0.544. The van der Waals surface area contributed by atoms with Gasteiger partial charge in [-0.1, -0.05) is 17.3 Å². The molecule has 1 aromatic rings. The first-order chi connectivity index (χ1) is 8.88. The molecule has 0 aliphatic heterocycles. The van der Waals surface area contributed by atoms with Crippen LogP contribution in [-0.2, 0) is 0 Å². The summed E-state index contributed by atoms with van der Waals surface area (Å²) in [6.07, 6.45) is 0. The summed E-state index contributed by atoms with van der Waals surface area (Å²) in [6.45, 7) is 5.09. The molecular formula is C13H18FN3O2. The van der Waals surface area contributed by atoms with Crippen molar-refractivity contribution >= 4 is 11.7 Å². The second-order valence-electron chi connectivity index (χ2n) is 4.55. The largest absolute Gasteiger partial charge is 0.409 e. The highest BCUT2D eigenvalue weighted by Gasteiger charge is 2.23. The van der Waals surface area contributed by atoms with E-state index in [1.807, 2.05) is 0 Å². The quantitative estimate of drug-likeness (QED) is 0.377. The molecule has 0 aliphatic rings. The third-order valence-electron chi connectivity index (χ3n) is 2.77. The maximum Gasteiger partial charge on any atom is 0.257 e. The van der Waals surface area contributed by atoms with Crippen molar-refractivity contribution in [2.24, 2.45) is 10.9 Å². The second-order valence-corrected chi connectivity index (χ2v) is 4.55. The first-order valence-corrected chi connectivity index (χ1v) is 5.91. The average molecular weight is 267 g/mol. The van der Waals surface area contributed by atoms with E-state index in [9.17, 15) is 9.18 Å². The molecule has 0 heterocycles. The minimum Gasteiger partial charge on any atom is -0.409 e. The topological polar surface area (TPSA) is 78.9 Å². The molecule has 0 bridgehead atoms. The molecule has 0 atom stereocenters. The van der Waals surface area contributed by atoms with Crippen LogP contribution in [0.15, 0.2) is 23.4 Å². The Hall–Kier alpha value is -2.11. The van der Waals surface area contributed by atoms with Gasteiger partial charge in [-0.05, 0) is 32.4 Å². The van der Waals surface area contributed by atoms with Crippen molar-refractivity contribution in [1.82, 2.24) is 4.90 Å². The summed E-state index contributed by atoms with van der Waals surface area (Å²) in [5.41, 5.74) is 5.79. The smallest absolute Gasteiger partial charge is 0.257 e. The number of hydrogen-bond donors (Lipinski definition) is 2. The molecule has 0 aliphatic carbocycles. The monoisotopic (exact) mass is 267 g/mol. The minimum absolute atomic E-state index is 0.0144. The number of halogens is 1. The molecule has 0 fully saturated rings. The van der Waals surface area contributed by atoms with Crippen molar-refractivity contribution < 1.29 is 14.4 Å². The average Bonchev–Trinajstić information content (AvgIpc) is 2.37. The Bertz CT molecular complexity index is 501. The highest BCUT2D eigenvalue weighted by atomic mass is 19.1. The summed E-state index contributed by atoms with van der Waals surface area (Å²) < 4.78 is 13.9. The van der Waals surface area contributed by atoms with E-state index in [0.29, 0.717) is 5.56 Å². The molecule has 0 aromatic heterocycles. The summed E-state index contributed by atoms with van der Waals surface area (Å²) in [5, 5.41) is 11.4. The Morgan fingerprint density at radius 2 is 2.16 bits per heavy atom. The lowest BCUT2D eigenvalue weighted by molar-refractivity contribution is 0.0729. The zero-order chi connectivity index (χ0) is 14.6. The van der Waals surface area contributed by atoms with Crippen LogP contribution < -0.4 is 5.73 Å². The van der Waals surface area contributed by atoms with Gasteiger partial charge in [0.05, 0.1) is 12.1 Å². The molecule has 104 valence electrons. The molecule has 0 saturated carbocycles. The molecule has 1 aromatic carbocycles.